The third-order valence-electron chi connectivity index (χ3n) is 5.95. The molecule has 0 heterocycles. The van der Waals surface area contributed by atoms with Gasteiger partial charge in [0.1, 0.15) is 11.5 Å². The van der Waals surface area contributed by atoms with Gasteiger partial charge in [-0.15, -0.1) is 0 Å². The highest BCUT2D eigenvalue weighted by molar-refractivity contribution is 6.91. The van der Waals surface area contributed by atoms with Gasteiger partial charge in [-0.1, -0.05) is 84.9 Å². The number of hydrogen-bond acceptors (Lipinski definition) is 3. The molecular formula is C28H30O3Si2. The Bertz CT molecular complexity index is 1100. The fourth-order valence-corrected chi connectivity index (χ4v) is 10.8. The lowest BCUT2D eigenvalue weighted by Crippen LogP contribution is -2.56. The third kappa shape index (κ3) is 5.27. The van der Waals surface area contributed by atoms with Crippen molar-refractivity contribution in [3.8, 4) is 11.5 Å². The minimum absolute atomic E-state index is 0.902. The minimum atomic E-state index is -2.01. The summed E-state index contributed by atoms with van der Waals surface area (Å²) in [7, 11) is -0.556. The fraction of sp³-hybridized carbons (Fsp3) is 0.143. The number of methoxy groups -OCH3 is 2. The van der Waals surface area contributed by atoms with Crippen LogP contribution in [-0.2, 0) is 4.12 Å². The van der Waals surface area contributed by atoms with E-state index in [1.54, 1.807) is 14.2 Å². The second-order valence-electron chi connectivity index (χ2n) is 8.18. The van der Waals surface area contributed by atoms with Crippen LogP contribution in [0, 0.1) is 13.8 Å². The van der Waals surface area contributed by atoms with E-state index in [1.165, 1.54) is 20.7 Å². The van der Waals surface area contributed by atoms with Crippen molar-refractivity contribution in [2.24, 2.45) is 0 Å². The Morgan fingerprint density at radius 1 is 0.485 bits per heavy atom. The maximum atomic E-state index is 7.24. The molecule has 0 aromatic heterocycles. The Kier molecular flexibility index (Phi) is 7.44. The highest BCUT2D eigenvalue weighted by atomic mass is 28.4. The van der Waals surface area contributed by atoms with Crippen LogP contribution in [0.5, 0.6) is 11.5 Å². The summed E-state index contributed by atoms with van der Waals surface area (Å²) >= 11 is 0. The first-order valence-corrected chi connectivity index (χ1v) is 14.4. The highest BCUT2D eigenvalue weighted by Crippen LogP contribution is 2.17. The van der Waals surface area contributed by atoms with Gasteiger partial charge in [-0.25, -0.2) is 0 Å². The minimum Gasteiger partial charge on any atom is -0.496 e. The van der Waals surface area contributed by atoms with Crippen LogP contribution in [0.15, 0.2) is 97.1 Å². The molecule has 0 spiro atoms. The van der Waals surface area contributed by atoms with Gasteiger partial charge in [0.2, 0.25) is 18.1 Å². The van der Waals surface area contributed by atoms with E-state index >= 15 is 0 Å². The topological polar surface area (TPSA) is 27.7 Å². The molecule has 168 valence electrons. The van der Waals surface area contributed by atoms with E-state index in [0.717, 1.165) is 22.6 Å². The van der Waals surface area contributed by atoms with Gasteiger partial charge >= 0.3 is 0 Å². The predicted molar refractivity (Wildman–Crippen MR) is 142 cm³/mol. The monoisotopic (exact) mass is 470 g/mol. The van der Waals surface area contributed by atoms with Crippen molar-refractivity contribution >= 4 is 38.8 Å². The summed E-state index contributed by atoms with van der Waals surface area (Å²) in [6.07, 6.45) is 0. The van der Waals surface area contributed by atoms with Crippen molar-refractivity contribution in [2.45, 2.75) is 13.8 Å². The molecule has 0 aliphatic heterocycles. The first-order valence-electron chi connectivity index (χ1n) is 11.1. The van der Waals surface area contributed by atoms with Crippen molar-refractivity contribution in [2.75, 3.05) is 14.2 Å². The zero-order chi connectivity index (χ0) is 23.2. The molecular weight excluding hydrogens is 440 g/mol. The average Bonchev–Trinajstić information content (AvgIpc) is 2.87. The molecule has 33 heavy (non-hydrogen) atoms. The molecule has 4 aromatic rings. The largest absolute Gasteiger partial charge is 0.496 e. The summed E-state index contributed by atoms with van der Waals surface area (Å²) in [5, 5.41) is 4.96. The summed E-state index contributed by atoms with van der Waals surface area (Å²) in [5.74, 6) is 1.80. The van der Waals surface area contributed by atoms with Crippen molar-refractivity contribution in [1.29, 1.82) is 0 Å². The third-order valence-corrected chi connectivity index (χ3v) is 12.0. The van der Waals surface area contributed by atoms with Gasteiger partial charge in [0.15, 0.2) is 0 Å². The molecule has 5 heteroatoms. The summed E-state index contributed by atoms with van der Waals surface area (Å²) < 4.78 is 18.5. The van der Waals surface area contributed by atoms with Gasteiger partial charge in [0, 0.05) is 0 Å². The van der Waals surface area contributed by atoms with Crippen LogP contribution < -0.4 is 30.2 Å². The van der Waals surface area contributed by atoms with E-state index in [1.807, 2.05) is 0 Å². The van der Waals surface area contributed by atoms with E-state index in [4.69, 9.17) is 13.6 Å². The molecule has 0 aliphatic carbocycles. The standard InChI is InChI=1S/C28H30O3Si2/c1-21-15-17-25(19-27(21)29-3)32(23-11-7-5-8-12-23)31-33(24-13-9-6-10-14-24)26-18-16-22(2)28(20-26)30-4/h5-20,32-33H,1-4H3. The van der Waals surface area contributed by atoms with E-state index in [0.29, 0.717) is 0 Å². The summed E-state index contributed by atoms with van der Waals surface area (Å²) in [5.41, 5.74) is 2.25. The Balaban J connectivity index is 1.83. The van der Waals surface area contributed by atoms with Gasteiger partial charge in [-0.2, -0.15) is 0 Å². The Labute approximate surface area is 200 Å². The van der Waals surface area contributed by atoms with Crippen molar-refractivity contribution < 1.29 is 13.6 Å². The van der Waals surface area contributed by atoms with Crippen LogP contribution in [0.4, 0.5) is 0 Å². The van der Waals surface area contributed by atoms with Crippen LogP contribution in [0.2, 0.25) is 0 Å². The van der Waals surface area contributed by atoms with Gasteiger partial charge < -0.3 is 13.6 Å². The van der Waals surface area contributed by atoms with E-state index in [-0.39, 0.29) is 0 Å². The number of benzene rings is 4. The fourth-order valence-electron chi connectivity index (χ4n) is 4.09. The summed E-state index contributed by atoms with van der Waals surface area (Å²) in [4.78, 5) is 0. The highest BCUT2D eigenvalue weighted by Gasteiger charge is 2.27. The number of aryl methyl sites for hydroxylation is 2. The predicted octanol–water partition coefficient (Wildman–Crippen LogP) is 2.71. The second-order valence-corrected chi connectivity index (χ2v) is 13.5. The normalized spacial score (nSPS) is 12.7. The zero-order valence-electron chi connectivity index (χ0n) is 19.6. The van der Waals surface area contributed by atoms with Gasteiger partial charge in [-0.05, 0) is 57.9 Å². The van der Waals surface area contributed by atoms with Crippen LogP contribution in [-0.4, -0.2) is 32.3 Å². The lowest BCUT2D eigenvalue weighted by Gasteiger charge is -2.26. The summed E-state index contributed by atoms with van der Waals surface area (Å²) in [6, 6.07) is 34.2. The van der Waals surface area contributed by atoms with Crippen molar-refractivity contribution in [1.82, 2.24) is 0 Å². The Morgan fingerprint density at radius 2 is 0.879 bits per heavy atom. The van der Waals surface area contributed by atoms with Crippen LogP contribution in [0.3, 0.4) is 0 Å². The number of ether oxygens (including phenoxy) is 2. The van der Waals surface area contributed by atoms with Gasteiger partial charge in [-0.3, -0.25) is 0 Å². The van der Waals surface area contributed by atoms with E-state index in [2.05, 4.69) is 111 Å². The van der Waals surface area contributed by atoms with Crippen molar-refractivity contribution in [3.05, 3.63) is 108 Å². The molecule has 0 saturated heterocycles. The zero-order valence-corrected chi connectivity index (χ0v) is 21.9. The second kappa shape index (κ2) is 10.7. The molecule has 0 amide bonds. The maximum absolute atomic E-state index is 7.24. The smallest absolute Gasteiger partial charge is 0.228 e. The van der Waals surface area contributed by atoms with E-state index < -0.39 is 18.1 Å². The maximum Gasteiger partial charge on any atom is 0.228 e. The molecule has 4 rings (SSSR count). The molecule has 0 N–H and O–H groups in total. The lowest BCUT2D eigenvalue weighted by molar-refractivity contribution is 0.412. The van der Waals surface area contributed by atoms with Crippen molar-refractivity contribution in [3.63, 3.8) is 0 Å². The molecule has 0 fully saturated rings. The molecule has 0 saturated carbocycles. The van der Waals surface area contributed by atoms with Gasteiger partial charge in [0.25, 0.3) is 0 Å². The number of hydrogen-bond donors (Lipinski definition) is 0. The lowest BCUT2D eigenvalue weighted by atomic mass is 10.2. The first kappa shape index (κ1) is 23.0. The van der Waals surface area contributed by atoms with Crippen LogP contribution >= 0.6 is 0 Å². The molecule has 0 aliphatic rings. The molecule has 0 bridgehead atoms. The Hall–Kier alpha value is -3.13. The summed E-state index contributed by atoms with van der Waals surface area (Å²) in [6.45, 7) is 4.14. The molecule has 4 aromatic carbocycles. The average molecular weight is 471 g/mol. The van der Waals surface area contributed by atoms with E-state index in [9.17, 15) is 0 Å². The quantitative estimate of drug-likeness (QED) is 0.371. The van der Waals surface area contributed by atoms with Crippen LogP contribution in [0.25, 0.3) is 0 Å². The van der Waals surface area contributed by atoms with Crippen LogP contribution in [0.1, 0.15) is 11.1 Å². The molecule has 0 radical (unpaired) electrons. The number of rotatable bonds is 8. The Morgan fingerprint density at radius 3 is 1.24 bits per heavy atom. The first-order chi connectivity index (χ1) is 16.1. The molecule has 2 unspecified atom stereocenters. The SMILES string of the molecule is COc1cc([SiH](O[SiH](c2ccccc2)c2ccc(C)c(OC)c2)c2ccccc2)ccc1C. The molecule has 3 nitrogen and oxygen atoms in total. The van der Waals surface area contributed by atoms with Gasteiger partial charge in [0.05, 0.1) is 14.2 Å². The molecule has 2 atom stereocenters.